The largest absolute Gasteiger partial charge is 0.380 e. The van der Waals surface area contributed by atoms with E-state index in [4.69, 9.17) is 4.74 Å². The van der Waals surface area contributed by atoms with E-state index in [9.17, 15) is 22.8 Å². The van der Waals surface area contributed by atoms with Crippen LogP contribution in [0.4, 0.5) is 18.9 Å². The molecule has 0 heterocycles. The maximum Gasteiger partial charge on any atom is 0.251 e. The molecule has 2 N–H and O–H groups in total. The molecule has 0 bridgehead atoms. The van der Waals surface area contributed by atoms with E-state index in [-0.39, 0.29) is 0 Å². The standard InChI is InChI=1S/C17H15F3N2O3/c1-25-9-10-3-2-4-11(7-10)17(24)21-8-14(23)22-13-6-5-12(18)15(19)16(13)20/h2-7H,8-9H2,1H3,(H,21,24)(H,22,23). The molecule has 25 heavy (non-hydrogen) atoms. The number of hydrogen-bond acceptors (Lipinski definition) is 3. The maximum absolute atomic E-state index is 13.5. The molecule has 2 aromatic rings. The predicted octanol–water partition coefficient (Wildman–Crippen LogP) is 2.62. The second kappa shape index (κ2) is 8.29. The molecule has 0 atom stereocenters. The number of carbonyl (C=O) groups excluding carboxylic acids is 2. The van der Waals surface area contributed by atoms with Gasteiger partial charge in [0.2, 0.25) is 5.91 Å². The number of benzene rings is 2. The van der Waals surface area contributed by atoms with E-state index in [2.05, 4.69) is 10.6 Å². The van der Waals surface area contributed by atoms with Crippen molar-refractivity contribution in [2.75, 3.05) is 19.0 Å². The lowest BCUT2D eigenvalue weighted by Gasteiger charge is -2.09. The fraction of sp³-hybridized carbons (Fsp3) is 0.176. The zero-order chi connectivity index (χ0) is 18.4. The summed E-state index contributed by atoms with van der Waals surface area (Å²) in [5.41, 5.74) is 0.588. The zero-order valence-electron chi connectivity index (χ0n) is 13.2. The summed E-state index contributed by atoms with van der Waals surface area (Å²) in [5, 5.41) is 4.41. The van der Waals surface area contributed by atoms with Gasteiger partial charge in [-0.2, -0.15) is 0 Å². The highest BCUT2D eigenvalue weighted by Crippen LogP contribution is 2.19. The van der Waals surface area contributed by atoms with Gasteiger partial charge < -0.3 is 15.4 Å². The molecule has 0 aromatic heterocycles. The number of anilines is 1. The number of methoxy groups -OCH3 is 1. The van der Waals surface area contributed by atoms with Crippen LogP contribution in [0.25, 0.3) is 0 Å². The molecule has 5 nitrogen and oxygen atoms in total. The van der Waals surface area contributed by atoms with E-state index in [0.29, 0.717) is 18.2 Å². The minimum absolute atomic E-state index is 0.321. The van der Waals surface area contributed by atoms with Gasteiger partial charge >= 0.3 is 0 Å². The van der Waals surface area contributed by atoms with Crippen LogP contribution < -0.4 is 10.6 Å². The maximum atomic E-state index is 13.5. The first-order valence-electron chi connectivity index (χ1n) is 7.21. The summed E-state index contributed by atoms with van der Waals surface area (Å²) in [6.07, 6.45) is 0. The first kappa shape index (κ1) is 18.5. The third-order valence-corrected chi connectivity index (χ3v) is 3.22. The number of ether oxygens (including phenoxy) is 1. The molecule has 0 spiro atoms. The number of rotatable bonds is 6. The Morgan fingerprint density at radius 1 is 1.08 bits per heavy atom. The molecule has 0 fully saturated rings. The Labute approximate surface area is 141 Å². The molecule has 8 heteroatoms. The quantitative estimate of drug-likeness (QED) is 0.786. The molecule has 2 rings (SSSR count). The van der Waals surface area contributed by atoms with Crippen molar-refractivity contribution in [1.82, 2.24) is 5.32 Å². The van der Waals surface area contributed by atoms with Crippen molar-refractivity contribution < 1.29 is 27.5 Å². The monoisotopic (exact) mass is 352 g/mol. The SMILES string of the molecule is COCc1cccc(C(=O)NCC(=O)Nc2ccc(F)c(F)c2F)c1. The summed E-state index contributed by atoms with van der Waals surface area (Å²) in [6.45, 7) is -0.136. The molecule has 0 aliphatic heterocycles. The van der Waals surface area contributed by atoms with Crippen LogP contribution in [0.5, 0.6) is 0 Å². The lowest BCUT2D eigenvalue weighted by molar-refractivity contribution is -0.115. The lowest BCUT2D eigenvalue weighted by atomic mass is 10.1. The van der Waals surface area contributed by atoms with Crippen LogP contribution in [0.15, 0.2) is 36.4 Å². The van der Waals surface area contributed by atoms with Crippen molar-refractivity contribution >= 4 is 17.5 Å². The third kappa shape index (κ3) is 4.80. The van der Waals surface area contributed by atoms with Crippen molar-refractivity contribution in [1.29, 1.82) is 0 Å². The molecular weight excluding hydrogens is 337 g/mol. The Bertz CT molecular complexity index is 797. The summed E-state index contributed by atoms with van der Waals surface area (Å²) in [7, 11) is 1.52. The molecule has 132 valence electrons. The van der Waals surface area contributed by atoms with Crippen LogP contribution in [0, 0.1) is 17.5 Å². The lowest BCUT2D eigenvalue weighted by Crippen LogP contribution is -2.33. The van der Waals surface area contributed by atoms with E-state index >= 15 is 0 Å². The summed E-state index contributed by atoms with van der Waals surface area (Å²) < 4.78 is 44.4. The number of nitrogens with one attached hydrogen (secondary N) is 2. The Morgan fingerprint density at radius 2 is 1.84 bits per heavy atom. The first-order valence-corrected chi connectivity index (χ1v) is 7.21. The zero-order valence-corrected chi connectivity index (χ0v) is 13.2. The van der Waals surface area contributed by atoms with Gasteiger partial charge in [-0.15, -0.1) is 0 Å². The Balaban J connectivity index is 1.95. The van der Waals surface area contributed by atoms with Crippen LogP contribution in [-0.2, 0) is 16.1 Å². The second-order valence-electron chi connectivity index (χ2n) is 5.09. The molecule has 0 radical (unpaired) electrons. The van der Waals surface area contributed by atoms with E-state index in [1.807, 2.05) is 0 Å². The van der Waals surface area contributed by atoms with Crippen LogP contribution in [0.2, 0.25) is 0 Å². The molecule has 2 aromatic carbocycles. The van der Waals surface area contributed by atoms with Crippen LogP contribution in [0.1, 0.15) is 15.9 Å². The van der Waals surface area contributed by atoms with Crippen LogP contribution in [-0.4, -0.2) is 25.5 Å². The van der Waals surface area contributed by atoms with E-state index in [0.717, 1.165) is 11.6 Å². The summed E-state index contributed by atoms with van der Waals surface area (Å²) in [4.78, 5) is 23.7. The van der Waals surface area contributed by atoms with Gasteiger partial charge in [0.1, 0.15) is 0 Å². The fourth-order valence-corrected chi connectivity index (χ4v) is 2.05. The predicted molar refractivity (Wildman–Crippen MR) is 84.4 cm³/mol. The van der Waals surface area contributed by atoms with E-state index < -0.39 is 41.5 Å². The van der Waals surface area contributed by atoms with Gasteiger partial charge in [-0.1, -0.05) is 12.1 Å². The van der Waals surface area contributed by atoms with Gasteiger partial charge in [0.25, 0.3) is 5.91 Å². The molecule has 0 aliphatic rings. The highest BCUT2D eigenvalue weighted by Gasteiger charge is 2.15. The van der Waals surface area contributed by atoms with E-state index in [1.54, 1.807) is 24.3 Å². The molecule has 0 saturated carbocycles. The topological polar surface area (TPSA) is 67.4 Å². The minimum Gasteiger partial charge on any atom is -0.380 e. The van der Waals surface area contributed by atoms with Gasteiger partial charge in [0, 0.05) is 12.7 Å². The van der Waals surface area contributed by atoms with Gasteiger partial charge in [-0.05, 0) is 29.8 Å². The number of halogens is 3. The summed E-state index contributed by atoms with van der Waals surface area (Å²) >= 11 is 0. The molecule has 0 unspecified atom stereocenters. The van der Waals surface area contributed by atoms with Gasteiger partial charge in [0.05, 0.1) is 18.8 Å². The second-order valence-corrected chi connectivity index (χ2v) is 5.09. The van der Waals surface area contributed by atoms with Crippen molar-refractivity contribution in [3.63, 3.8) is 0 Å². The smallest absolute Gasteiger partial charge is 0.251 e. The average molecular weight is 352 g/mol. The van der Waals surface area contributed by atoms with E-state index in [1.165, 1.54) is 7.11 Å². The Kier molecular flexibility index (Phi) is 6.13. The number of amides is 2. The number of hydrogen-bond donors (Lipinski definition) is 2. The van der Waals surface area contributed by atoms with Gasteiger partial charge in [0.15, 0.2) is 17.5 Å². The highest BCUT2D eigenvalue weighted by molar-refractivity contribution is 5.99. The van der Waals surface area contributed by atoms with Crippen molar-refractivity contribution in [2.45, 2.75) is 6.61 Å². The van der Waals surface area contributed by atoms with Crippen molar-refractivity contribution in [3.8, 4) is 0 Å². The van der Waals surface area contributed by atoms with Crippen LogP contribution >= 0.6 is 0 Å². The molecular formula is C17H15F3N2O3. The van der Waals surface area contributed by atoms with Crippen LogP contribution in [0.3, 0.4) is 0 Å². The van der Waals surface area contributed by atoms with Gasteiger partial charge in [-0.25, -0.2) is 13.2 Å². The Morgan fingerprint density at radius 3 is 2.56 bits per heavy atom. The first-order chi connectivity index (χ1) is 11.9. The molecule has 0 saturated heterocycles. The summed E-state index contributed by atoms with van der Waals surface area (Å²) in [6, 6.07) is 8.18. The minimum atomic E-state index is -1.68. The van der Waals surface area contributed by atoms with Crippen molar-refractivity contribution in [2.24, 2.45) is 0 Å². The Hall–Kier alpha value is -2.87. The average Bonchev–Trinajstić information content (AvgIpc) is 2.61. The molecule has 2 amide bonds. The van der Waals surface area contributed by atoms with Gasteiger partial charge in [-0.3, -0.25) is 9.59 Å². The fourth-order valence-electron chi connectivity index (χ4n) is 2.05. The molecule has 0 aliphatic carbocycles. The highest BCUT2D eigenvalue weighted by atomic mass is 19.2. The normalized spacial score (nSPS) is 10.4. The van der Waals surface area contributed by atoms with Crippen molar-refractivity contribution in [3.05, 3.63) is 65.0 Å². The third-order valence-electron chi connectivity index (χ3n) is 3.22. The number of carbonyl (C=O) groups is 2. The summed E-state index contributed by atoms with van der Waals surface area (Å²) in [5.74, 6) is -5.85.